The highest BCUT2D eigenvalue weighted by molar-refractivity contribution is 7.09. The molecule has 2 aromatic carbocycles. The monoisotopic (exact) mass is 538 g/mol. The van der Waals surface area contributed by atoms with Gasteiger partial charge in [0.15, 0.2) is 12.7 Å². The number of hydrogen-bond donors (Lipinski definition) is 2. The summed E-state index contributed by atoms with van der Waals surface area (Å²) in [7, 11) is 1.63. The zero-order valence-corrected chi connectivity index (χ0v) is 24.1. The highest BCUT2D eigenvalue weighted by atomic mass is 32.1. The lowest BCUT2D eigenvalue weighted by atomic mass is 10.1. The van der Waals surface area contributed by atoms with Gasteiger partial charge in [-0.2, -0.15) is 4.57 Å². The number of thiazole rings is 1. The van der Waals surface area contributed by atoms with Gasteiger partial charge in [0, 0.05) is 17.3 Å². The van der Waals surface area contributed by atoms with Crippen LogP contribution < -0.4 is 24.7 Å². The number of carbonyl (C=O) groups is 1. The van der Waals surface area contributed by atoms with E-state index in [9.17, 15) is 4.79 Å². The largest absolute Gasteiger partial charge is 0.497 e. The molecule has 0 atom stereocenters. The van der Waals surface area contributed by atoms with E-state index in [4.69, 9.17) is 9.47 Å². The maximum Gasteiger partial charge on any atom is 0.323 e. The number of methoxy groups -OCH3 is 1. The van der Waals surface area contributed by atoms with Crippen molar-refractivity contribution in [2.75, 3.05) is 24.4 Å². The molecule has 0 radical (unpaired) electrons. The van der Waals surface area contributed by atoms with Crippen molar-refractivity contribution in [3.8, 4) is 11.5 Å². The second-order valence-electron chi connectivity index (χ2n) is 9.81. The molecule has 2 amide bonds. The summed E-state index contributed by atoms with van der Waals surface area (Å²) in [4.78, 5) is 14.1. The Balaban J connectivity index is 1.45. The predicted molar refractivity (Wildman–Crippen MR) is 158 cm³/mol. The van der Waals surface area contributed by atoms with Crippen LogP contribution in [0.15, 0.2) is 54.2 Å². The van der Waals surface area contributed by atoms with E-state index < -0.39 is 0 Å². The fourth-order valence-corrected chi connectivity index (χ4v) is 5.03. The quantitative estimate of drug-likeness (QED) is 0.134. The Kier molecular flexibility index (Phi) is 13.0. The number of ether oxygens (including phenoxy) is 2. The van der Waals surface area contributed by atoms with Crippen molar-refractivity contribution in [1.82, 2.24) is 0 Å². The Morgan fingerprint density at radius 3 is 2.34 bits per heavy atom. The predicted octanol–water partition coefficient (Wildman–Crippen LogP) is 8.34. The van der Waals surface area contributed by atoms with Gasteiger partial charge in [-0.25, -0.2) is 4.79 Å². The summed E-state index contributed by atoms with van der Waals surface area (Å²) in [6, 6.07) is 13.1. The number of unbranched alkanes of at least 4 members (excludes halogenated alkanes) is 9. The van der Waals surface area contributed by atoms with Crippen molar-refractivity contribution in [1.29, 1.82) is 0 Å². The first-order valence-corrected chi connectivity index (χ1v) is 14.9. The number of benzene rings is 2. The Morgan fingerprint density at radius 2 is 1.66 bits per heavy atom. The molecule has 0 spiro atoms. The molecule has 206 valence electrons. The third-order valence-corrected chi connectivity index (χ3v) is 7.32. The number of hydrogen-bond acceptors (Lipinski definition) is 4. The van der Waals surface area contributed by atoms with Gasteiger partial charge in [0.1, 0.15) is 11.5 Å². The van der Waals surface area contributed by atoms with Crippen molar-refractivity contribution in [3.05, 3.63) is 64.6 Å². The summed E-state index contributed by atoms with van der Waals surface area (Å²) in [5.74, 6) is 1.32. The molecule has 0 saturated heterocycles. The van der Waals surface area contributed by atoms with Crippen LogP contribution in [-0.2, 0) is 6.54 Å². The van der Waals surface area contributed by atoms with Crippen molar-refractivity contribution in [3.63, 3.8) is 0 Å². The fraction of sp³-hybridized carbons (Fsp3) is 0.484. The van der Waals surface area contributed by atoms with Crippen LogP contribution in [0.4, 0.5) is 16.2 Å². The fourth-order valence-electron chi connectivity index (χ4n) is 4.39. The molecule has 0 aliphatic carbocycles. The highest BCUT2D eigenvalue weighted by Gasteiger charge is 2.11. The average Bonchev–Trinajstić information content (AvgIpc) is 3.32. The Hall–Kier alpha value is -3.06. The maximum atomic E-state index is 12.8. The van der Waals surface area contributed by atoms with Crippen molar-refractivity contribution >= 4 is 28.7 Å². The lowest BCUT2D eigenvalue weighted by Crippen LogP contribution is -2.30. The van der Waals surface area contributed by atoms with Crippen LogP contribution in [0.3, 0.4) is 0 Å². The van der Waals surface area contributed by atoms with Gasteiger partial charge in [0.05, 0.1) is 24.3 Å². The zero-order chi connectivity index (χ0) is 27.0. The molecule has 38 heavy (non-hydrogen) atoms. The molecule has 0 aliphatic rings. The highest BCUT2D eigenvalue weighted by Crippen LogP contribution is 2.30. The lowest BCUT2D eigenvalue weighted by Gasteiger charge is -2.15. The van der Waals surface area contributed by atoms with Gasteiger partial charge in [-0.3, -0.25) is 0 Å². The first-order valence-electron chi connectivity index (χ1n) is 14.0. The van der Waals surface area contributed by atoms with Crippen molar-refractivity contribution in [2.24, 2.45) is 0 Å². The lowest BCUT2D eigenvalue weighted by molar-refractivity contribution is -0.683. The molecule has 7 heteroatoms. The van der Waals surface area contributed by atoms with Gasteiger partial charge in [0.25, 0.3) is 0 Å². The SMILES string of the molecule is CCCCCCCCCCCCOc1cc(OC)ccc1NC(=O)Nc1cccc(C[n+]2csc(C)c2)c1. The summed E-state index contributed by atoms with van der Waals surface area (Å²) in [6.45, 7) is 5.73. The molecule has 2 N–H and O–H groups in total. The van der Waals surface area contributed by atoms with E-state index in [-0.39, 0.29) is 6.03 Å². The van der Waals surface area contributed by atoms with Gasteiger partial charge < -0.3 is 20.1 Å². The van der Waals surface area contributed by atoms with Gasteiger partial charge >= 0.3 is 6.03 Å². The summed E-state index contributed by atoms with van der Waals surface area (Å²) in [5, 5.41) is 5.88. The Morgan fingerprint density at radius 1 is 0.921 bits per heavy atom. The number of nitrogens with one attached hydrogen (secondary N) is 2. The van der Waals surface area contributed by atoms with Crippen LogP contribution >= 0.6 is 11.3 Å². The maximum absolute atomic E-state index is 12.8. The van der Waals surface area contributed by atoms with Crippen LogP contribution in [0.1, 0.15) is 81.6 Å². The molecule has 0 unspecified atom stereocenters. The molecule has 1 aromatic heterocycles. The molecular weight excluding hydrogens is 494 g/mol. The van der Waals surface area contributed by atoms with E-state index in [1.807, 2.05) is 36.4 Å². The molecule has 0 aliphatic heterocycles. The first-order chi connectivity index (χ1) is 18.6. The second kappa shape index (κ2) is 16.7. The normalized spacial score (nSPS) is 10.8. The number of urea groups is 1. The molecule has 0 bridgehead atoms. The number of nitrogens with zero attached hydrogens (tertiary/aromatic N) is 1. The van der Waals surface area contributed by atoms with Gasteiger partial charge in [-0.1, -0.05) is 88.2 Å². The van der Waals surface area contributed by atoms with Gasteiger partial charge in [-0.05, 0) is 37.6 Å². The van der Waals surface area contributed by atoms with Crippen molar-refractivity contribution < 1.29 is 18.8 Å². The van der Waals surface area contributed by atoms with E-state index in [1.54, 1.807) is 18.4 Å². The molecule has 0 fully saturated rings. The summed E-state index contributed by atoms with van der Waals surface area (Å²) >= 11 is 1.72. The number of anilines is 2. The van der Waals surface area contributed by atoms with Crippen LogP contribution in [-0.4, -0.2) is 19.7 Å². The molecule has 3 aromatic rings. The number of aromatic nitrogens is 1. The molecule has 3 rings (SSSR count). The third kappa shape index (κ3) is 10.7. The second-order valence-corrected chi connectivity index (χ2v) is 10.9. The molecular formula is C31H44N3O3S+. The number of rotatable bonds is 17. The number of amides is 2. The van der Waals surface area contributed by atoms with E-state index in [0.717, 1.165) is 30.6 Å². The van der Waals surface area contributed by atoms with Crippen LogP contribution in [0.5, 0.6) is 11.5 Å². The minimum atomic E-state index is -0.310. The Bertz CT molecular complexity index is 1120. The zero-order valence-electron chi connectivity index (χ0n) is 23.3. The van der Waals surface area contributed by atoms with Gasteiger partial charge in [-0.15, -0.1) is 0 Å². The standard InChI is InChI=1S/C31H43N3O3S/c1-4-5-6-7-8-9-10-11-12-13-19-37-30-21-28(36-3)17-18-29(30)33-31(35)32-27-16-14-15-26(20-27)23-34-22-25(2)38-24-34/h14-18,20-22,24H,4-13,19,23H2,1-3H3,(H-,32,33,35)/p+1. The van der Waals surface area contributed by atoms with Crippen LogP contribution in [0.2, 0.25) is 0 Å². The third-order valence-electron chi connectivity index (χ3n) is 6.46. The van der Waals surface area contributed by atoms with E-state index in [1.165, 1.54) is 56.2 Å². The van der Waals surface area contributed by atoms with Crippen molar-refractivity contribution in [2.45, 2.75) is 84.6 Å². The number of carbonyl (C=O) groups excluding carboxylic acids is 1. The molecule has 6 nitrogen and oxygen atoms in total. The number of aryl methyl sites for hydroxylation is 1. The minimum absolute atomic E-state index is 0.310. The van der Waals surface area contributed by atoms with E-state index >= 15 is 0 Å². The average molecular weight is 539 g/mol. The minimum Gasteiger partial charge on any atom is -0.497 e. The van der Waals surface area contributed by atoms with Crippen LogP contribution in [0, 0.1) is 6.92 Å². The smallest absolute Gasteiger partial charge is 0.323 e. The van der Waals surface area contributed by atoms with E-state index in [2.05, 4.69) is 46.8 Å². The topological polar surface area (TPSA) is 63.5 Å². The first kappa shape index (κ1) is 29.5. The summed E-state index contributed by atoms with van der Waals surface area (Å²) < 4.78 is 13.6. The molecule has 0 saturated carbocycles. The van der Waals surface area contributed by atoms with E-state index in [0.29, 0.717) is 23.8 Å². The summed E-state index contributed by atoms with van der Waals surface area (Å²) in [6.07, 6.45) is 14.9. The summed E-state index contributed by atoms with van der Waals surface area (Å²) in [5.41, 5.74) is 4.59. The van der Waals surface area contributed by atoms with Crippen LogP contribution in [0.25, 0.3) is 0 Å². The Labute approximate surface area is 232 Å². The van der Waals surface area contributed by atoms with Gasteiger partial charge in [0.2, 0.25) is 5.51 Å². The molecule has 1 heterocycles.